The molecule has 2 rings (SSSR count). The fourth-order valence-corrected chi connectivity index (χ4v) is 4.56. The lowest BCUT2D eigenvalue weighted by Crippen LogP contribution is -2.42. The quantitative estimate of drug-likeness (QED) is 0.830. The molecule has 0 spiro atoms. The van der Waals surface area contributed by atoms with Gasteiger partial charge in [0.05, 0.1) is 11.5 Å². The van der Waals surface area contributed by atoms with Gasteiger partial charge in [-0.05, 0) is 37.0 Å². The molecule has 1 heterocycles. The van der Waals surface area contributed by atoms with Crippen LogP contribution >= 0.6 is 0 Å². The fourth-order valence-electron chi connectivity index (χ4n) is 2.84. The Balaban J connectivity index is 2.37. The molecule has 1 aliphatic rings. The van der Waals surface area contributed by atoms with Gasteiger partial charge in [-0.3, -0.25) is 0 Å². The Morgan fingerprint density at radius 1 is 1.33 bits per heavy atom. The number of rotatable bonds is 4. The summed E-state index contributed by atoms with van der Waals surface area (Å²) >= 11 is 0. The van der Waals surface area contributed by atoms with E-state index in [9.17, 15) is 13.5 Å². The average Bonchev–Trinajstić information content (AvgIpc) is 2.72. The minimum Gasteiger partial charge on any atom is -0.398 e. The summed E-state index contributed by atoms with van der Waals surface area (Å²) in [7, 11) is -3.60. The van der Waals surface area contributed by atoms with Gasteiger partial charge in [0.25, 0.3) is 0 Å². The summed E-state index contributed by atoms with van der Waals surface area (Å²) in [5, 5.41) is 9.50. The monoisotopic (exact) mass is 312 g/mol. The number of hydrogen-bond donors (Lipinski definition) is 2. The molecule has 5 nitrogen and oxygen atoms in total. The van der Waals surface area contributed by atoms with E-state index >= 15 is 0 Å². The summed E-state index contributed by atoms with van der Waals surface area (Å²) in [6.45, 7) is 2.31. The summed E-state index contributed by atoms with van der Waals surface area (Å²) in [6, 6.07) is 4.59. The maximum atomic E-state index is 12.8. The van der Waals surface area contributed by atoms with E-state index < -0.39 is 10.0 Å². The Hall–Kier alpha value is -1.11. The highest BCUT2D eigenvalue weighted by atomic mass is 32.2. The van der Waals surface area contributed by atoms with Crippen LogP contribution < -0.4 is 5.73 Å². The number of aliphatic hydroxyl groups is 1. The lowest BCUT2D eigenvalue weighted by molar-refractivity contribution is 0.186. The molecular weight excluding hydrogens is 288 g/mol. The summed E-state index contributed by atoms with van der Waals surface area (Å²) in [5.41, 5.74) is 7.38. The molecule has 1 aliphatic heterocycles. The minimum absolute atomic E-state index is 0.137. The van der Waals surface area contributed by atoms with Crippen LogP contribution in [0.1, 0.15) is 38.2 Å². The zero-order chi connectivity index (χ0) is 15.5. The van der Waals surface area contributed by atoms with E-state index in [2.05, 4.69) is 0 Å². The Kier molecular flexibility index (Phi) is 5.24. The van der Waals surface area contributed by atoms with E-state index in [4.69, 9.17) is 5.73 Å². The first-order chi connectivity index (χ1) is 10.0. The third-order valence-electron chi connectivity index (χ3n) is 4.14. The van der Waals surface area contributed by atoms with Gasteiger partial charge in [0.2, 0.25) is 10.0 Å². The number of hydrogen-bond acceptors (Lipinski definition) is 4. The number of nitrogens with zero attached hydrogens (tertiary/aromatic N) is 1. The van der Waals surface area contributed by atoms with Crippen molar-refractivity contribution in [3.05, 3.63) is 23.8 Å². The summed E-state index contributed by atoms with van der Waals surface area (Å²) < 4.78 is 27.1. The van der Waals surface area contributed by atoms with Crippen LogP contribution in [0.5, 0.6) is 0 Å². The SMILES string of the molecule is CCc1ccc(S(=O)(=O)N2CCCCCC2CO)cc1N. The van der Waals surface area contributed by atoms with E-state index in [-0.39, 0.29) is 17.5 Å². The molecule has 0 saturated carbocycles. The number of benzene rings is 1. The molecule has 1 fully saturated rings. The summed E-state index contributed by atoms with van der Waals surface area (Å²) in [6.07, 6.45) is 4.26. The normalized spacial score (nSPS) is 21.1. The van der Waals surface area contributed by atoms with E-state index in [1.54, 1.807) is 12.1 Å². The molecule has 118 valence electrons. The Morgan fingerprint density at radius 3 is 2.71 bits per heavy atom. The van der Waals surface area contributed by atoms with Crippen molar-refractivity contribution in [3.8, 4) is 0 Å². The van der Waals surface area contributed by atoms with Gasteiger partial charge in [0.1, 0.15) is 0 Å². The van der Waals surface area contributed by atoms with Crippen molar-refractivity contribution in [1.82, 2.24) is 4.31 Å². The second-order valence-corrected chi connectivity index (χ2v) is 7.41. The van der Waals surface area contributed by atoms with Crippen LogP contribution in [0, 0.1) is 0 Å². The van der Waals surface area contributed by atoms with Crippen LogP contribution in [0.15, 0.2) is 23.1 Å². The molecule has 0 aromatic heterocycles. The number of sulfonamides is 1. The van der Waals surface area contributed by atoms with Crippen molar-refractivity contribution >= 4 is 15.7 Å². The van der Waals surface area contributed by atoms with Gasteiger partial charge in [-0.1, -0.05) is 25.8 Å². The summed E-state index contributed by atoms with van der Waals surface area (Å²) in [5.74, 6) is 0. The number of aryl methyl sites for hydroxylation is 1. The van der Waals surface area contributed by atoms with Crippen LogP contribution in [0.4, 0.5) is 5.69 Å². The van der Waals surface area contributed by atoms with Crippen LogP contribution in [-0.4, -0.2) is 37.0 Å². The highest BCUT2D eigenvalue weighted by molar-refractivity contribution is 7.89. The number of aliphatic hydroxyl groups excluding tert-OH is 1. The standard InChI is InChI=1S/C15H24N2O3S/c1-2-12-7-8-14(10-15(12)16)21(19,20)17-9-5-3-4-6-13(17)11-18/h7-8,10,13,18H,2-6,9,11,16H2,1H3. The van der Waals surface area contributed by atoms with Crippen molar-refractivity contribution in [2.75, 3.05) is 18.9 Å². The molecule has 0 radical (unpaired) electrons. The highest BCUT2D eigenvalue weighted by Gasteiger charge is 2.32. The van der Waals surface area contributed by atoms with Crippen molar-refractivity contribution in [2.24, 2.45) is 0 Å². The number of nitrogens with two attached hydrogens (primary N) is 1. The average molecular weight is 312 g/mol. The molecule has 1 aromatic carbocycles. The molecule has 3 N–H and O–H groups in total. The molecule has 1 aromatic rings. The Labute approximate surface area is 126 Å². The van der Waals surface area contributed by atoms with Crippen LogP contribution in [0.3, 0.4) is 0 Å². The van der Waals surface area contributed by atoms with Gasteiger partial charge < -0.3 is 10.8 Å². The van der Waals surface area contributed by atoms with Gasteiger partial charge in [0.15, 0.2) is 0 Å². The smallest absolute Gasteiger partial charge is 0.243 e. The van der Waals surface area contributed by atoms with E-state index in [1.165, 1.54) is 10.4 Å². The van der Waals surface area contributed by atoms with E-state index in [1.807, 2.05) is 6.92 Å². The Bertz CT molecular complexity index is 587. The molecule has 0 bridgehead atoms. The zero-order valence-corrected chi connectivity index (χ0v) is 13.3. The second kappa shape index (κ2) is 6.77. The highest BCUT2D eigenvalue weighted by Crippen LogP contribution is 2.26. The maximum Gasteiger partial charge on any atom is 0.243 e. The third kappa shape index (κ3) is 3.39. The first-order valence-corrected chi connectivity index (χ1v) is 8.95. The van der Waals surface area contributed by atoms with Crippen LogP contribution in [-0.2, 0) is 16.4 Å². The molecule has 1 unspecified atom stereocenters. The maximum absolute atomic E-state index is 12.8. The lowest BCUT2D eigenvalue weighted by atomic mass is 10.1. The molecule has 1 atom stereocenters. The number of anilines is 1. The first kappa shape index (κ1) is 16.3. The topological polar surface area (TPSA) is 83.6 Å². The van der Waals surface area contributed by atoms with Crippen molar-refractivity contribution in [1.29, 1.82) is 0 Å². The predicted octanol–water partition coefficient (Wildman–Crippen LogP) is 1.76. The lowest BCUT2D eigenvalue weighted by Gasteiger charge is -2.27. The molecular formula is C15H24N2O3S. The molecule has 6 heteroatoms. The van der Waals surface area contributed by atoms with Crippen molar-refractivity contribution < 1.29 is 13.5 Å². The van der Waals surface area contributed by atoms with E-state index in [0.29, 0.717) is 18.7 Å². The van der Waals surface area contributed by atoms with Crippen molar-refractivity contribution in [3.63, 3.8) is 0 Å². The largest absolute Gasteiger partial charge is 0.398 e. The first-order valence-electron chi connectivity index (χ1n) is 7.51. The molecule has 0 amide bonds. The minimum atomic E-state index is -3.60. The second-order valence-electron chi connectivity index (χ2n) is 5.52. The van der Waals surface area contributed by atoms with Gasteiger partial charge >= 0.3 is 0 Å². The van der Waals surface area contributed by atoms with Gasteiger partial charge in [-0.2, -0.15) is 4.31 Å². The van der Waals surface area contributed by atoms with Crippen LogP contribution in [0.2, 0.25) is 0 Å². The fraction of sp³-hybridized carbons (Fsp3) is 0.600. The third-order valence-corrected chi connectivity index (χ3v) is 6.09. The van der Waals surface area contributed by atoms with E-state index in [0.717, 1.165) is 31.2 Å². The predicted molar refractivity (Wildman–Crippen MR) is 83.5 cm³/mol. The Morgan fingerprint density at radius 2 is 2.10 bits per heavy atom. The molecule has 0 aliphatic carbocycles. The van der Waals surface area contributed by atoms with Crippen molar-refractivity contribution in [2.45, 2.75) is 50.0 Å². The van der Waals surface area contributed by atoms with Gasteiger partial charge in [-0.25, -0.2) is 8.42 Å². The zero-order valence-electron chi connectivity index (χ0n) is 12.5. The molecule has 21 heavy (non-hydrogen) atoms. The van der Waals surface area contributed by atoms with Crippen LogP contribution in [0.25, 0.3) is 0 Å². The summed E-state index contributed by atoms with van der Waals surface area (Å²) in [4.78, 5) is 0.220. The molecule has 1 saturated heterocycles. The van der Waals surface area contributed by atoms with Gasteiger partial charge in [-0.15, -0.1) is 0 Å². The number of nitrogen functional groups attached to an aromatic ring is 1. The van der Waals surface area contributed by atoms with Gasteiger partial charge in [0, 0.05) is 18.3 Å².